The summed E-state index contributed by atoms with van der Waals surface area (Å²) in [6, 6.07) is 5.32. The Morgan fingerprint density at radius 2 is 2.09 bits per heavy atom. The number of hydrogen-bond donors (Lipinski definition) is 0. The first-order valence-corrected chi connectivity index (χ1v) is 8.00. The van der Waals surface area contributed by atoms with Crippen molar-refractivity contribution in [3.63, 3.8) is 0 Å². The molecule has 0 N–H and O–H groups in total. The van der Waals surface area contributed by atoms with Crippen LogP contribution in [0, 0.1) is 5.92 Å². The summed E-state index contributed by atoms with van der Waals surface area (Å²) in [6.45, 7) is 1.49. The molecule has 1 aliphatic carbocycles. The van der Waals surface area contributed by atoms with E-state index in [4.69, 9.17) is 4.74 Å². The van der Waals surface area contributed by atoms with Gasteiger partial charge in [0.2, 0.25) is 5.91 Å². The van der Waals surface area contributed by atoms with Crippen molar-refractivity contribution in [3.05, 3.63) is 35.4 Å². The van der Waals surface area contributed by atoms with Crippen LogP contribution in [0.25, 0.3) is 0 Å². The van der Waals surface area contributed by atoms with Crippen LogP contribution in [0.5, 0.6) is 0 Å². The molecule has 1 saturated heterocycles. The van der Waals surface area contributed by atoms with Crippen molar-refractivity contribution < 1.29 is 22.7 Å². The number of amides is 1. The molecule has 1 atom stereocenters. The van der Waals surface area contributed by atoms with E-state index in [1.807, 2.05) is 4.90 Å². The average molecular weight is 327 g/mol. The number of benzene rings is 1. The Labute approximate surface area is 133 Å². The van der Waals surface area contributed by atoms with Crippen LogP contribution >= 0.6 is 0 Å². The topological polar surface area (TPSA) is 29.5 Å². The molecule has 1 aliphatic heterocycles. The molecule has 1 aromatic rings. The van der Waals surface area contributed by atoms with Gasteiger partial charge >= 0.3 is 6.18 Å². The summed E-state index contributed by atoms with van der Waals surface area (Å²) in [5, 5.41) is 0. The Hall–Kier alpha value is -1.56. The summed E-state index contributed by atoms with van der Waals surface area (Å²) in [7, 11) is 0. The first-order chi connectivity index (χ1) is 10.9. The Bertz CT molecular complexity index is 569. The standard InChI is InChI=1S/C17H20F3NO2/c18-17(19,20)14-6-1-3-12(9-14)10-15-11-21(7-8-23-15)16(22)13-4-2-5-13/h1,3,6,9,13,15H,2,4-5,7-8,10-11H2/t15-/m1/s1. The third kappa shape index (κ3) is 3.86. The number of hydrogen-bond acceptors (Lipinski definition) is 2. The van der Waals surface area contributed by atoms with E-state index in [1.165, 1.54) is 6.07 Å². The molecule has 1 amide bonds. The van der Waals surface area contributed by atoms with E-state index in [-0.39, 0.29) is 17.9 Å². The lowest BCUT2D eigenvalue weighted by molar-refractivity contribution is -0.145. The normalized spacial score (nSPS) is 22.7. The summed E-state index contributed by atoms with van der Waals surface area (Å²) in [5.41, 5.74) is -0.0593. The van der Waals surface area contributed by atoms with E-state index in [0.717, 1.165) is 31.4 Å². The molecule has 2 fully saturated rings. The first-order valence-electron chi connectivity index (χ1n) is 8.00. The molecular formula is C17H20F3NO2. The van der Waals surface area contributed by atoms with E-state index in [1.54, 1.807) is 6.07 Å². The predicted octanol–water partition coefficient (Wildman–Crippen LogP) is 3.28. The highest BCUT2D eigenvalue weighted by atomic mass is 19.4. The van der Waals surface area contributed by atoms with Gasteiger partial charge in [-0.05, 0) is 24.5 Å². The number of halogens is 3. The molecular weight excluding hydrogens is 307 g/mol. The van der Waals surface area contributed by atoms with Crippen molar-refractivity contribution in [1.82, 2.24) is 4.90 Å². The van der Waals surface area contributed by atoms with Crippen molar-refractivity contribution in [3.8, 4) is 0 Å². The SMILES string of the molecule is O=C(C1CCC1)N1CCO[C@H](Cc2cccc(C(F)(F)F)c2)C1. The van der Waals surface area contributed by atoms with Gasteiger partial charge in [-0.2, -0.15) is 13.2 Å². The van der Waals surface area contributed by atoms with Gasteiger partial charge in [0.25, 0.3) is 0 Å². The molecule has 1 heterocycles. The second-order valence-electron chi connectivity index (χ2n) is 6.31. The maximum absolute atomic E-state index is 12.8. The lowest BCUT2D eigenvalue weighted by Gasteiger charge is -2.37. The zero-order valence-corrected chi connectivity index (χ0v) is 12.8. The molecule has 3 rings (SSSR count). The highest BCUT2D eigenvalue weighted by molar-refractivity contribution is 5.79. The van der Waals surface area contributed by atoms with Crippen LogP contribution in [0.4, 0.5) is 13.2 Å². The zero-order chi connectivity index (χ0) is 16.4. The Kier molecular flexibility index (Phi) is 4.62. The molecule has 3 nitrogen and oxygen atoms in total. The minimum atomic E-state index is -4.34. The van der Waals surface area contributed by atoms with E-state index in [0.29, 0.717) is 31.7 Å². The molecule has 126 valence electrons. The van der Waals surface area contributed by atoms with Crippen molar-refractivity contribution in [2.45, 2.75) is 38.0 Å². The van der Waals surface area contributed by atoms with Crippen molar-refractivity contribution in [2.75, 3.05) is 19.7 Å². The molecule has 0 radical (unpaired) electrons. The maximum Gasteiger partial charge on any atom is 0.416 e. The van der Waals surface area contributed by atoms with Crippen LogP contribution in [0.3, 0.4) is 0 Å². The van der Waals surface area contributed by atoms with E-state index in [9.17, 15) is 18.0 Å². The van der Waals surface area contributed by atoms with Crippen LogP contribution in [0.1, 0.15) is 30.4 Å². The molecule has 2 aliphatic rings. The molecule has 23 heavy (non-hydrogen) atoms. The molecule has 0 aromatic heterocycles. The fraction of sp³-hybridized carbons (Fsp3) is 0.588. The van der Waals surface area contributed by atoms with Crippen molar-refractivity contribution >= 4 is 5.91 Å². The minimum Gasteiger partial charge on any atom is -0.374 e. The quantitative estimate of drug-likeness (QED) is 0.853. The van der Waals surface area contributed by atoms with Crippen LogP contribution in [-0.2, 0) is 22.1 Å². The summed E-state index contributed by atoms with van der Waals surface area (Å²) < 4.78 is 43.9. The molecule has 1 saturated carbocycles. The third-order valence-electron chi connectivity index (χ3n) is 4.62. The first kappa shape index (κ1) is 16.3. The van der Waals surface area contributed by atoms with Gasteiger partial charge in [-0.25, -0.2) is 0 Å². The van der Waals surface area contributed by atoms with Crippen LogP contribution < -0.4 is 0 Å². The number of ether oxygens (including phenoxy) is 1. The van der Waals surface area contributed by atoms with Crippen LogP contribution in [0.2, 0.25) is 0 Å². The Balaban J connectivity index is 1.62. The zero-order valence-electron chi connectivity index (χ0n) is 12.8. The smallest absolute Gasteiger partial charge is 0.374 e. The van der Waals surface area contributed by atoms with E-state index >= 15 is 0 Å². The van der Waals surface area contributed by atoms with Crippen LogP contribution in [-0.4, -0.2) is 36.6 Å². The van der Waals surface area contributed by atoms with Crippen molar-refractivity contribution in [1.29, 1.82) is 0 Å². The van der Waals surface area contributed by atoms with Gasteiger partial charge in [-0.3, -0.25) is 4.79 Å². The molecule has 0 bridgehead atoms. The average Bonchev–Trinajstić information content (AvgIpc) is 2.45. The van der Waals surface area contributed by atoms with E-state index in [2.05, 4.69) is 0 Å². The van der Waals surface area contributed by atoms with E-state index < -0.39 is 11.7 Å². The van der Waals surface area contributed by atoms with Gasteiger partial charge in [0.05, 0.1) is 18.3 Å². The van der Waals surface area contributed by atoms with Gasteiger partial charge in [0.1, 0.15) is 0 Å². The number of nitrogens with zero attached hydrogens (tertiary/aromatic N) is 1. The van der Waals surface area contributed by atoms with Gasteiger partial charge in [0, 0.05) is 25.4 Å². The Morgan fingerprint density at radius 1 is 1.30 bits per heavy atom. The molecule has 0 unspecified atom stereocenters. The molecule has 6 heteroatoms. The lowest BCUT2D eigenvalue weighted by atomic mass is 9.84. The van der Waals surface area contributed by atoms with Gasteiger partial charge < -0.3 is 9.64 Å². The number of carbonyl (C=O) groups excluding carboxylic acids is 1. The molecule has 0 spiro atoms. The van der Waals surface area contributed by atoms with Gasteiger partial charge in [-0.1, -0.05) is 24.6 Å². The lowest BCUT2D eigenvalue weighted by Crippen LogP contribution is -2.49. The third-order valence-corrected chi connectivity index (χ3v) is 4.62. The largest absolute Gasteiger partial charge is 0.416 e. The fourth-order valence-corrected chi connectivity index (χ4v) is 3.09. The number of morpholine rings is 1. The summed E-state index contributed by atoms with van der Waals surface area (Å²) in [6.07, 6.45) is -1.18. The highest BCUT2D eigenvalue weighted by Gasteiger charge is 2.33. The van der Waals surface area contributed by atoms with Gasteiger partial charge in [-0.15, -0.1) is 0 Å². The van der Waals surface area contributed by atoms with Gasteiger partial charge in [0.15, 0.2) is 0 Å². The second-order valence-corrected chi connectivity index (χ2v) is 6.31. The maximum atomic E-state index is 12.8. The summed E-state index contributed by atoms with van der Waals surface area (Å²) in [4.78, 5) is 14.1. The monoisotopic (exact) mass is 327 g/mol. The highest BCUT2D eigenvalue weighted by Crippen LogP contribution is 2.31. The van der Waals surface area contributed by atoms with Crippen molar-refractivity contribution in [2.24, 2.45) is 5.92 Å². The van der Waals surface area contributed by atoms with Crippen LogP contribution in [0.15, 0.2) is 24.3 Å². The second kappa shape index (κ2) is 6.51. The summed E-state index contributed by atoms with van der Waals surface area (Å²) >= 11 is 0. The Morgan fingerprint density at radius 3 is 2.74 bits per heavy atom. The predicted molar refractivity (Wildman–Crippen MR) is 78.8 cm³/mol. The molecule has 1 aromatic carbocycles. The summed E-state index contributed by atoms with van der Waals surface area (Å²) in [5.74, 6) is 0.316. The number of carbonyl (C=O) groups is 1. The number of rotatable bonds is 3. The minimum absolute atomic E-state index is 0.141. The fourth-order valence-electron chi connectivity index (χ4n) is 3.09. The number of alkyl halides is 3.